The molecule has 2 aromatic rings. The molecule has 4 heteroatoms. The van der Waals surface area contributed by atoms with E-state index in [-0.39, 0.29) is 0 Å². The average Bonchev–Trinajstić information content (AvgIpc) is 2.51. The number of anilines is 2. The number of nitrogens with zero attached hydrogens (tertiary/aromatic N) is 3. The molecule has 0 aliphatic rings. The number of nitrogens with one attached hydrogen (secondary N) is 1. The molecule has 0 atom stereocenters. The van der Waals surface area contributed by atoms with Gasteiger partial charge in [0.05, 0.1) is 0 Å². The van der Waals surface area contributed by atoms with Crippen molar-refractivity contribution in [1.29, 1.82) is 0 Å². The summed E-state index contributed by atoms with van der Waals surface area (Å²) < 4.78 is 1.75. The van der Waals surface area contributed by atoms with Crippen molar-refractivity contribution in [2.45, 2.75) is 6.92 Å². The van der Waals surface area contributed by atoms with Gasteiger partial charge in [-0.15, -0.1) is 0 Å². The Bertz CT molecular complexity index is 433. The molecular formula is C10H12N4. The Labute approximate surface area is 82.6 Å². The first-order valence-corrected chi connectivity index (χ1v) is 4.43. The minimum Gasteiger partial charge on any atom is -0.323 e. The summed E-state index contributed by atoms with van der Waals surface area (Å²) in [4.78, 5) is 4.18. The summed E-state index contributed by atoms with van der Waals surface area (Å²) in [7, 11) is 1.88. The number of aryl methyl sites for hydroxylation is 2. The predicted molar refractivity (Wildman–Crippen MR) is 55.5 cm³/mol. The molecule has 4 nitrogen and oxygen atoms in total. The average molecular weight is 188 g/mol. The first-order valence-electron chi connectivity index (χ1n) is 4.43. The maximum Gasteiger partial charge on any atom is 0.153 e. The number of hydrogen-bond donors (Lipinski definition) is 1. The summed E-state index contributed by atoms with van der Waals surface area (Å²) in [6, 6.07) is 5.85. The Balaban J connectivity index is 2.18. The summed E-state index contributed by atoms with van der Waals surface area (Å²) in [5.74, 6) is 1.63. The molecule has 2 rings (SSSR count). The summed E-state index contributed by atoms with van der Waals surface area (Å²) in [6.07, 6.45) is 3.67. The highest BCUT2D eigenvalue weighted by Crippen LogP contribution is 2.11. The highest BCUT2D eigenvalue weighted by molar-refractivity contribution is 5.51. The van der Waals surface area contributed by atoms with Crippen LogP contribution in [0.3, 0.4) is 0 Å². The van der Waals surface area contributed by atoms with Gasteiger partial charge in [0.1, 0.15) is 5.82 Å². The third-order valence-corrected chi connectivity index (χ3v) is 1.89. The van der Waals surface area contributed by atoms with Crippen LogP contribution in [0, 0.1) is 6.92 Å². The van der Waals surface area contributed by atoms with Crippen LogP contribution in [0.2, 0.25) is 0 Å². The minimum atomic E-state index is 0.811. The molecule has 72 valence electrons. The Morgan fingerprint density at radius 3 is 2.79 bits per heavy atom. The number of hydrogen-bond acceptors (Lipinski definition) is 3. The molecule has 0 aliphatic carbocycles. The number of rotatable bonds is 2. The van der Waals surface area contributed by atoms with E-state index >= 15 is 0 Å². The lowest BCUT2D eigenvalue weighted by molar-refractivity contribution is 0.771. The second-order valence-corrected chi connectivity index (χ2v) is 3.22. The molecule has 0 fully saturated rings. The molecule has 0 bridgehead atoms. The van der Waals surface area contributed by atoms with Crippen molar-refractivity contribution < 1.29 is 0 Å². The minimum absolute atomic E-state index is 0.811. The standard InChI is InChI=1S/C10H12N4/c1-8-3-5-11-10(7-8)12-9-4-6-14(2)13-9/h3-7H,1-2H3,(H,11,12,13). The Morgan fingerprint density at radius 2 is 2.14 bits per heavy atom. The molecule has 1 N–H and O–H groups in total. The van der Waals surface area contributed by atoms with E-state index in [1.807, 2.05) is 38.4 Å². The smallest absolute Gasteiger partial charge is 0.153 e. The first-order chi connectivity index (χ1) is 6.74. The van der Waals surface area contributed by atoms with Crippen LogP contribution >= 0.6 is 0 Å². The predicted octanol–water partition coefficient (Wildman–Crippen LogP) is 1.87. The SMILES string of the molecule is Cc1ccnc(Nc2ccn(C)n2)c1. The summed E-state index contributed by atoms with van der Waals surface area (Å²) in [5, 5.41) is 7.32. The van der Waals surface area contributed by atoms with E-state index in [9.17, 15) is 0 Å². The molecule has 0 amide bonds. The van der Waals surface area contributed by atoms with E-state index in [2.05, 4.69) is 15.4 Å². The van der Waals surface area contributed by atoms with Crippen LogP contribution in [-0.4, -0.2) is 14.8 Å². The van der Waals surface area contributed by atoms with Gasteiger partial charge >= 0.3 is 0 Å². The van der Waals surface area contributed by atoms with Crippen LogP contribution < -0.4 is 5.32 Å². The van der Waals surface area contributed by atoms with Gasteiger partial charge in [0, 0.05) is 25.5 Å². The van der Waals surface area contributed by atoms with Crippen molar-refractivity contribution in [3.63, 3.8) is 0 Å². The van der Waals surface area contributed by atoms with Gasteiger partial charge in [0.2, 0.25) is 0 Å². The lowest BCUT2D eigenvalue weighted by atomic mass is 10.3. The van der Waals surface area contributed by atoms with Gasteiger partial charge in [0.25, 0.3) is 0 Å². The van der Waals surface area contributed by atoms with E-state index in [1.54, 1.807) is 10.9 Å². The lowest BCUT2D eigenvalue weighted by Crippen LogP contribution is -1.95. The Kier molecular flexibility index (Phi) is 2.18. The topological polar surface area (TPSA) is 42.7 Å². The van der Waals surface area contributed by atoms with Gasteiger partial charge < -0.3 is 5.32 Å². The zero-order valence-electron chi connectivity index (χ0n) is 8.23. The molecule has 0 aromatic carbocycles. The Morgan fingerprint density at radius 1 is 1.29 bits per heavy atom. The zero-order chi connectivity index (χ0) is 9.97. The zero-order valence-corrected chi connectivity index (χ0v) is 8.23. The number of pyridine rings is 1. The molecule has 2 aromatic heterocycles. The van der Waals surface area contributed by atoms with E-state index in [0.717, 1.165) is 11.6 Å². The summed E-state index contributed by atoms with van der Waals surface area (Å²) in [5.41, 5.74) is 1.18. The van der Waals surface area contributed by atoms with Gasteiger partial charge in [-0.25, -0.2) is 4.98 Å². The molecule has 0 aliphatic heterocycles. The van der Waals surface area contributed by atoms with E-state index in [4.69, 9.17) is 0 Å². The van der Waals surface area contributed by atoms with Crippen LogP contribution in [-0.2, 0) is 7.05 Å². The fourth-order valence-electron chi connectivity index (χ4n) is 1.22. The third-order valence-electron chi connectivity index (χ3n) is 1.89. The highest BCUT2D eigenvalue weighted by atomic mass is 15.3. The Hall–Kier alpha value is -1.84. The highest BCUT2D eigenvalue weighted by Gasteiger charge is 1.97. The quantitative estimate of drug-likeness (QED) is 0.782. The normalized spacial score (nSPS) is 10.1. The van der Waals surface area contributed by atoms with E-state index in [1.165, 1.54) is 5.56 Å². The molecule has 0 radical (unpaired) electrons. The number of aromatic nitrogens is 3. The molecule has 0 spiro atoms. The molecule has 0 saturated carbocycles. The van der Waals surface area contributed by atoms with Gasteiger partial charge in [-0.1, -0.05) is 0 Å². The van der Waals surface area contributed by atoms with Crippen molar-refractivity contribution in [3.05, 3.63) is 36.2 Å². The molecular weight excluding hydrogens is 176 g/mol. The molecule has 0 saturated heterocycles. The van der Waals surface area contributed by atoms with Crippen LogP contribution in [0.25, 0.3) is 0 Å². The molecule has 14 heavy (non-hydrogen) atoms. The van der Waals surface area contributed by atoms with Crippen LogP contribution in [0.4, 0.5) is 11.6 Å². The monoisotopic (exact) mass is 188 g/mol. The molecule has 0 unspecified atom stereocenters. The fourth-order valence-corrected chi connectivity index (χ4v) is 1.22. The maximum atomic E-state index is 4.20. The molecule has 2 heterocycles. The third kappa shape index (κ3) is 1.90. The fraction of sp³-hybridized carbons (Fsp3) is 0.200. The van der Waals surface area contributed by atoms with Crippen molar-refractivity contribution >= 4 is 11.6 Å². The summed E-state index contributed by atoms with van der Waals surface area (Å²) in [6.45, 7) is 2.03. The van der Waals surface area contributed by atoms with Crippen LogP contribution in [0.1, 0.15) is 5.56 Å². The van der Waals surface area contributed by atoms with Crippen LogP contribution in [0.5, 0.6) is 0 Å². The lowest BCUT2D eigenvalue weighted by Gasteiger charge is -2.01. The van der Waals surface area contributed by atoms with Crippen molar-refractivity contribution in [3.8, 4) is 0 Å². The second-order valence-electron chi connectivity index (χ2n) is 3.22. The van der Waals surface area contributed by atoms with Gasteiger partial charge in [0.15, 0.2) is 5.82 Å². The van der Waals surface area contributed by atoms with Gasteiger partial charge in [-0.3, -0.25) is 4.68 Å². The van der Waals surface area contributed by atoms with Crippen molar-refractivity contribution in [1.82, 2.24) is 14.8 Å². The van der Waals surface area contributed by atoms with Gasteiger partial charge in [-0.2, -0.15) is 5.10 Å². The van der Waals surface area contributed by atoms with Gasteiger partial charge in [-0.05, 0) is 24.6 Å². The van der Waals surface area contributed by atoms with Crippen molar-refractivity contribution in [2.75, 3.05) is 5.32 Å². The van der Waals surface area contributed by atoms with Crippen molar-refractivity contribution in [2.24, 2.45) is 7.05 Å². The maximum absolute atomic E-state index is 4.20. The van der Waals surface area contributed by atoms with E-state index < -0.39 is 0 Å². The summed E-state index contributed by atoms with van der Waals surface area (Å²) >= 11 is 0. The second kappa shape index (κ2) is 3.49. The largest absolute Gasteiger partial charge is 0.323 e. The van der Waals surface area contributed by atoms with Crippen LogP contribution in [0.15, 0.2) is 30.6 Å². The van der Waals surface area contributed by atoms with E-state index in [0.29, 0.717) is 0 Å². The first kappa shape index (κ1) is 8.74.